The highest BCUT2D eigenvalue weighted by Crippen LogP contribution is 2.28. The van der Waals surface area contributed by atoms with Gasteiger partial charge < -0.3 is 5.11 Å². The lowest BCUT2D eigenvalue weighted by molar-refractivity contribution is 0.477. The average molecular weight is 340 g/mol. The number of aromatic hydroxyl groups is 1. The molecule has 0 radical (unpaired) electrons. The van der Waals surface area contributed by atoms with Gasteiger partial charge in [0.2, 0.25) is 0 Å². The lowest BCUT2D eigenvalue weighted by Gasteiger charge is -2.10. The van der Waals surface area contributed by atoms with E-state index in [9.17, 15) is 13.5 Å². The first kappa shape index (κ1) is 16.6. The van der Waals surface area contributed by atoms with Gasteiger partial charge in [-0.3, -0.25) is 4.72 Å². The molecular formula is C16H18ClNO3S. The number of aryl methyl sites for hydroxylation is 1. The topological polar surface area (TPSA) is 66.4 Å². The third kappa shape index (κ3) is 4.15. The number of hydrogen-bond acceptors (Lipinski definition) is 3. The molecule has 0 aromatic heterocycles. The molecule has 0 amide bonds. The van der Waals surface area contributed by atoms with Crippen LogP contribution < -0.4 is 4.72 Å². The predicted octanol–water partition coefficient (Wildman–Crippen LogP) is 4.19. The minimum absolute atomic E-state index is 0.0579. The Kier molecular flexibility index (Phi) is 5.32. The van der Waals surface area contributed by atoms with Gasteiger partial charge in [0, 0.05) is 5.02 Å². The highest BCUT2D eigenvalue weighted by atomic mass is 35.5. The van der Waals surface area contributed by atoms with Crippen LogP contribution in [-0.4, -0.2) is 13.5 Å². The highest BCUT2D eigenvalue weighted by Gasteiger charge is 2.16. The van der Waals surface area contributed by atoms with Crippen LogP contribution in [0, 0.1) is 0 Å². The van der Waals surface area contributed by atoms with Gasteiger partial charge in [0.1, 0.15) is 5.75 Å². The summed E-state index contributed by atoms with van der Waals surface area (Å²) in [7, 11) is -3.76. The Morgan fingerprint density at radius 2 is 1.82 bits per heavy atom. The molecule has 118 valence electrons. The number of nitrogens with one attached hydrogen (secondary N) is 1. The molecule has 0 bridgehead atoms. The second-order valence-corrected chi connectivity index (χ2v) is 7.13. The predicted molar refractivity (Wildman–Crippen MR) is 89.0 cm³/mol. The van der Waals surface area contributed by atoms with Gasteiger partial charge in [0.15, 0.2) is 0 Å². The van der Waals surface area contributed by atoms with E-state index in [1.54, 1.807) is 12.1 Å². The van der Waals surface area contributed by atoms with E-state index in [1.807, 2.05) is 12.1 Å². The highest BCUT2D eigenvalue weighted by molar-refractivity contribution is 7.92. The van der Waals surface area contributed by atoms with E-state index in [0.29, 0.717) is 5.02 Å². The summed E-state index contributed by atoms with van der Waals surface area (Å²) < 4.78 is 27.0. The van der Waals surface area contributed by atoms with Crippen molar-refractivity contribution in [3.8, 4) is 5.75 Å². The zero-order chi connectivity index (χ0) is 16.2. The molecule has 22 heavy (non-hydrogen) atoms. The number of phenols is 1. The van der Waals surface area contributed by atoms with Crippen LogP contribution in [0.25, 0.3) is 0 Å². The van der Waals surface area contributed by atoms with Crippen LogP contribution in [0.5, 0.6) is 5.75 Å². The minimum atomic E-state index is -3.76. The number of unbranched alkanes of at least 4 members (excludes halogenated alkanes) is 1. The van der Waals surface area contributed by atoms with Crippen molar-refractivity contribution in [2.75, 3.05) is 4.72 Å². The molecule has 0 heterocycles. The number of halogens is 1. The zero-order valence-corrected chi connectivity index (χ0v) is 13.8. The normalized spacial score (nSPS) is 11.4. The second kappa shape index (κ2) is 7.03. The summed E-state index contributed by atoms with van der Waals surface area (Å²) in [6.07, 6.45) is 3.09. The van der Waals surface area contributed by atoms with Crippen LogP contribution in [0.1, 0.15) is 25.3 Å². The van der Waals surface area contributed by atoms with Crippen LogP contribution in [0.15, 0.2) is 47.4 Å². The fourth-order valence-corrected chi connectivity index (χ4v) is 3.25. The van der Waals surface area contributed by atoms with Crippen molar-refractivity contribution in [2.45, 2.75) is 31.1 Å². The fraction of sp³-hybridized carbons (Fsp3) is 0.250. The van der Waals surface area contributed by atoms with E-state index in [-0.39, 0.29) is 16.3 Å². The monoisotopic (exact) mass is 339 g/mol. The first-order valence-corrected chi connectivity index (χ1v) is 8.89. The molecule has 0 atom stereocenters. The summed E-state index contributed by atoms with van der Waals surface area (Å²) in [5.41, 5.74) is 1.16. The van der Waals surface area contributed by atoms with E-state index in [0.717, 1.165) is 24.8 Å². The summed E-state index contributed by atoms with van der Waals surface area (Å²) in [4.78, 5) is 0.145. The molecule has 2 aromatic rings. The molecule has 0 unspecified atom stereocenters. The van der Waals surface area contributed by atoms with Gasteiger partial charge >= 0.3 is 0 Å². The molecule has 0 aliphatic carbocycles. The van der Waals surface area contributed by atoms with E-state index in [4.69, 9.17) is 11.6 Å². The molecule has 0 saturated carbocycles. The molecular weight excluding hydrogens is 322 g/mol. The van der Waals surface area contributed by atoms with Gasteiger partial charge in [-0.1, -0.05) is 37.1 Å². The molecule has 0 aliphatic heterocycles. The number of sulfonamides is 1. The summed E-state index contributed by atoms with van der Waals surface area (Å²) in [5, 5.41) is 10.0. The van der Waals surface area contributed by atoms with E-state index in [1.165, 1.54) is 18.2 Å². The molecule has 2 aromatic carbocycles. The average Bonchev–Trinajstić information content (AvgIpc) is 2.49. The Hall–Kier alpha value is -1.72. The fourth-order valence-electron chi connectivity index (χ4n) is 2.01. The van der Waals surface area contributed by atoms with Crippen molar-refractivity contribution in [2.24, 2.45) is 0 Å². The number of rotatable bonds is 6. The maximum atomic E-state index is 12.3. The van der Waals surface area contributed by atoms with Crippen LogP contribution in [-0.2, 0) is 16.4 Å². The number of hydrogen-bond donors (Lipinski definition) is 2. The first-order valence-electron chi connectivity index (χ1n) is 7.02. The third-order valence-corrected chi connectivity index (χ3v) is 4.87. The van der Waals surface area contributed by atoms with Gasteiger partial charge in [-0.15, -0.1) is 0 Å². The Balaban J connectivity index is 2.21. The number of phenolic OH excluding ortho intramolecular Hbond substituents is 1. The van der Waals surface area contributed by atoms with Crippen molar-refractivity contribution in [3.63, 3.8) is 0 Å². The molecule has 2 N–H and O–H groups in total. The standard InChI is InChI=1S/C16H18ClNO3S/c1-2-3-4-12-5-8-14(9-6-12)22(20,21)18-15-11-13(17)7-10-16(15)19/h5-11,18-19H,2-4H2,1H3. The van der Waals surface area contributed by atoms with E-state index < -0.39 is 10.0 Å². The maximum Gasteiger partial charge on any atom is 0.262 e. The third-order valence-electron chi connectivity index (χ3n) is 3.26. The lowest BCUT2D eigenvalue weighted by Crippen LogP contribution is -2.13. The molecule has 0 spiro atoms. The van der Waals surface area contributed by atoms with Crippen LogP contribution >= 0.6 is 11.6 Å². The smallest absolute Gasteiger partial charge is 0.262 e. The van der Waals surface area contributed by atoms with E-state index in [2.05, 4.69) is 11.6 Å². The molecule has 0 fully saturated rings. The van der Waals surface area contributed by atoms with Crippen molar-refractivity contribution in [1.82, 2.24) is 0 Å². The Bertz CT molecular complexity index is 742. The summed E-state index contributed by atoms with van der Waals surface area (Å²) in [6.45, 7) is 2.11. The first-order chi connectivity index (χ1) is 10.4. The molecule has 0 aliphatic rings. The Morgan fingerprint density at radius 3 is 2.45 bits per heavy atom. The zero-order valence-electron chi connectivity index (χ0n) is 12.2. The second-order valence-electron chi connectivity index (χ2n) is 5.01. The summed E-state index contributed by atoms with van der Waals surface area (Å²) in [6, 6.07) is 10.9. The van der Waals surface area contributed by atoms with Gasteiger partial charge in [0.25, 0.3) is 10.0 Å². The van der Waals surface area contributed by atoms with Crippen molar-refractivity contribution in [3.05, 3.63) is 53.1 Å². The Morgan fingerprint density at radius 1 is 1.14 bits per heavy atom. The van der Waals surface area contributed by atoms with Gasteiger partial charge in [-0.05, 0) is 48.7 Å². The summed E-state index contributed by atoms with van der Waals surface area (Å²) in [5.74, 6) is -0.174. The molecule has 6 heteroatoms. The van der Waals surface area contributed by atoms with Crippen LogP contribution in [0.2, 0.25) is 5.02 Å². The van der Waals surface area contributed by atoms with Gasteiger partial charge in [-0.25, -0.2) is 8.42 Å². The van der Waals surface area contributed by atoms with Gasteiger partial charge in [-0.2, -0.15) is 0 Å². The van der Waals surface area contributed by atoms with Crippen molar-refractivity contribution in [1.29, 1.82) is 0 Å². The molecule has 2 rings (SSSR count). The number of anilines is 1. The van der Waals surface area contributed by atoms with Gasteiger partial charge in [0.05, 0.1) is 10.6 Å². The quantitative estimate of drug-likeness (QED) is 0.775. The van der Waals surface area contributed by atoms with Crippen LogP contribution in [0.4, 0.5) is 5.69 Å². The van der Waals surface area contributed by atoms with Crippen LogP contribution in [0.3, 0.4) is 0 Å². The molecule has 0 saturated heterocycles. The number of benzene rings is 2. The summed E-state index contributed by atoms with van der Waals surface area (Å²) >= 11 is 5.82. The molecule has 4 nitrogen and oxygen atoms in total. The SMILES string of the molecule is CCCCc1ccc(S(=O)(=O)Nc2cc(Cl)ccc2O)cc1. The van der Waals surface area contributed by atoms with Crippen molar-refractivity contribution < 1.29 is 13.5 Å². The maximum absolute atomic E-state index is 12.3. The largest absolute Gasteiger partial charge is 0.506 e. The lowest BCUT2D eigenvalue weighted by atomic mass is 10.1. The minimum Gasteiger partial charge on any atom is -0.506 e. The van der Waals surface area contributed by atoms with E-state index >= 15 is 0 Å². The van der Waals surface area contributed by atoms with Crippen molar-refractivity contribution >= 4 is 27.3 Å². The Labute approximate surface area is 135 Å².